The van der Waals surface area contributed by atoms with Crippen LogP contribution in [0.25, 0.3) is 0 Å². The monoisotopic (exact) mass is 397 g/mol. The minimum absolute atomic E-state index is 0.00362. The second-order valence-corrected chi connectivity index (χ2v) is 8.97. The molecule has 8 nitrogen and oxygen atoms in total. The van der Waals surface area contributed by atoms with E-state index in [2.05, 4.69) is 20.5 Å². The first-order valence-corrected chi connectivity index (χ1v) is 10.1. The maximum absolute atomic E-state index is 12.6. The van der Waals surface area contributed by atoms with Gasteiger partial charge in [0.05, 0.1) is 13.2 Å². The van der Waals surface area contributed by atoms with Crippen LogP contribution in [0.15, 0.2) is 6.20 Å². The number of aromatic nitrogens is 1. The predicted octanol–water partition coefficient (Wildman–Crippen LogP) is 1.92. The summed E-state index contributed by atoms with van der Waals surface area (Å²) in [4.78, 5) is 34.1. The van der Waals surface area contributed by atoms with E-state index in [-0.39, 0.29) is 24.0 Å². The van der Waals surface area contributed by atoms with Crippen molar-refractivity contribution in [2.75, 3.05) is 51.3 Å². The van der Waals surface area contributed by atoms with Gasteiger partial charge in [0.2, 0.25) is 5.91 Å². The van der Waals surface area contributed by atoms with E-state index in [4.69, 9.17) is 4.74 Å². The molecule has 0 radical (unpaired) electrons. The van der Waals surface area contributed by atoms with Gasteiger partial charge in [0.25, 0.3) is 0 Å². The van der Waals surface area contributed by atoms with Gasteiger partial charge in [-0.3, -0.25) is 9.69 Å². The first-order valence-electron chi connectivity index (χ1n) is 9.32. The highest BCUT2D eigenvalue weighted by atomic mass is 32.1. The average molecular weight is 398 g/mol. The topological polar surface area (TPSA) is 86.8 Å². The van der Waals surface area contributed by atoms with Crippen LogP contribution < -0.4 is 10.6 Å². The molecule has 1 saturated heterocycles. The molecule has 27 heavy (non-hydrogen) atoms. The molecule has 0 aliphatic carbocycles. The first kappa shape index (κ1) is 21.6. The van der Waals surface area contributed by atoms with Crippen LogP contribution in [0.2, 0.25) is 0 Å². The van der Waals surface area contributed by atoms with Crippen molar-refractivity contribution in [3.8, 4) is 0 Å². The Hall–Kier alpha value is -1.71. The van der Waals surface area contributed by atoms with Crippen LogP contribution in [0.1, 0.15) is 32.1 Å². The number of urea groups is 1. The van der Waals surface area contributed by atoms with Crippen molar-refractivity contribution in [1.82, 2.24) is 20.1 Å². The van der Waals surface area contributed by atoms with Crippen LogP contribution in [-0.2, 0) is 9.53 Å². The number of amides is 3. The number of rotatable bonds is 7. The van der Waals surface area contributed by atoms with Gasteiger partial charge in [0, 0.05) is 42.8 Å². The molecule has 1 aliphatic rings. The summed E-state index contributed by atoms with van der Waals surface area (Å²) in [6, 6.07) is -0.227. The maximum Gasteiger partial charge on any atom is 0.318 e. The SMILES string of the molecule is Cc1cnc(NC(=O)CN(CCCN2CCOCC2)C(=O)NC(C)(C)C)s1. The highest BCUT2D eigenvalue weighted by Crippen LogP contribution is 2.16. The average Bonchev–Trinajstić information content (AvgIpc) is 2.98. The summed E-state index contributed by atoms with van der Waals surface area (Å²) in [5, 5.41) is 6.27. The molecule has 1 fully saturated rings. The summed E-state index contributed by atoms with van der Waals surface area (Å²) in [6.45, 7) is 12.5. The number of hydrogen-bond acceptors (Lipinski definition) is 6. The third-order valence-electron chi connectivity index (χ3n) is 3.98. The van der Waals surface area contributed by atoms with Gasteiger partial charge in [-0.1, -0.05) is 0 Å². The lowest BCUT2D eigenvalue weighted by Crippen LogP contribution is -2.51. The Bertz CT molecular complexity index is 623. The van der Waals surface area contributed by atoms with E-state index in [1.54, 1.807) is 11.1 Å². The molecule has 2 N–H and O–H groups in total. The van der Waals surface area contributed by atoms with Crippen LogP contribution in [0.4, 0.5) is 9.93 Å². The fourth-order valence-corrected chi connectivity index (χ4v) is 3.39. The van der Waals surface area contributed by atoms with Gasteiger partial charge in [-0.2, -0.15) is 0 Å². The maximum atomic E-state index is 12.6. The van der Waals surface area contributed by atoms with Crippen LogP contribution in [-0.4, -0.2) is 78.2 Å². The lowest BCUT2D eigenvalue weighted by atomic mass is 10.1. The van der Waals surface area contributed by atoms with Crippen molar-refractivity contribution >= 4 is 28.4 Å². The molecule has 0 saturated carbocycles. The largest absolute Gasteiger partial charge is 0.379 e. The van der Waals surface area contributed by atoms with Crippen molar-refractivity contribution in [3.63, 3.8) is 0 Å². The lowest BCUT2D eigenvalue weighted by Gasteiger charge is -2.30. The number of thiazole rings is 1. The van der Waals surface area contributed by atoms with Crippen molar-refractivity contribution in [1.29, 1.82) is 0 Å². The van der Waals surface area contributed by atoms with E-state index in [9.17, 15) is 9.59 Å². The molecule has 0 aromatic carbocycles. The Labute approximate surface area is 165 Å². The third-order valence-corrected chi connectivity index (χ3v) is 4.81. The molecule has 0 spiro atoms. The molecule has 1 aromatic rings. The van der Waals surface area contributed by atoms with Crippen molar-refractivity contribution in [2.24, 2.45) is 0 Å². The number of nitrogens with zero attached hydrogens (tertiary/aromatic N) is 3. The Morgan fingerprint density at radius 3 is 2.63 bits per heavy atom. The minimum Gasteiger partial charge on any atom is -0.379 e. The molecule has 9 heteroatoms. The standard InChI is InChI=1S/C18H31N5O3S/c1-14-12-19-16(27-14)20-15(24)13-23(17(25)21-18(2,3)4)7-5-6-22-8-10-26-11-9-22/h12H,5-11,13H2,1-4H3,(H,21,25)(H,19,20,24). The van der Waals surface area contributed by atoms with Gasteiger partial charge in [-0.15, -0.1) is 11.3 Å². The van der Waals surface area contributed by atoms with Crippen LogP contribution in [0, 0.1) is 6.92 Å². The van der Waals surface area contributed by atoms with E-state index in [0.29, 0.717) is 11.7 Å². The molecule has 152 valence electrons. The number of aryl methyl sites for hydroxylation is 1. The van der Waals surface area contributed by atoms with E-state index < -0.39 is 0 Å². The summed E-state index contributed by atoms with van der Waals surface area (Å²) in [6.07, 6.45) is 2.52. The number of carbonyl (C=O) groups excluding carboxylic acids is 2. The molecule has 2 heterocycles. The van der Waals surface area contributed by atoms with Gasteiger partial charge in [-0.05, 0) is 34.1 Å². The minimum atomic E-state index is -0.359. The summed E-state index contributed by atoms with van der Waals surface area (Å²) < 4.78 is 5.36. The van der Waals surface area contributed by atoms with Crippen molar-refractivity contribution in [2.45, 2.75) is 39.7 Å². The molecule has 0 atom stereocenters. The normalized spacial score (nSPS) is 15.4. The van der Waals surface area contributed by atoms with Gasteiger partial charge in [0.1, 0.15) is 6.54 Å². The second-order valence-electron chi connectivity index (χ2n) is 7.73. The number of hydrogen-bond donors (Lipinski definition) is 2. The summed E-state index contributed by atoms with van der Waals surface area (Å²) in [5.74, 6) is -0.236. The zero-order chi connectivity index (χ0) is 19.9. The lowest BCUT2D eigenvalue weighted by molar-refractivity contribution is -0.116. The number of ether oxygens (including phenoxy) is 1. The molecule has 1 aliphatic heterocycles. The third kappa shape index (κ3) is 8.23. The van der Waals surface area contributed by atoms with E-state index in [0.717, 1.165) is 44.1 Å². The van der Waals surface area contributed by atoms with Gasteiger partial charge >= 0.3 is 6.03 Å². The number of nitrogens with one attached hydrogen (secondary N) is 2. The number of anilines is 1. The van der Waals surface area contributed by atoms with Gasteiger partial charge in [-0.25, -0.2) is 9.78 Å². The summed E-state index contributed by atoms with van der Waals surface area (Å²) in [5.41, 5.74) is -0.359. The van der Waals surface area contributed by atoms with Gasteiger partial charge in [0.15, 0.2) is 5.13 Å². The number of morpholine rings is 1. The van der Waals surface area contributed by atoms with E-state index >= 15 is 0 Å². The zero-order valence-electron chi connectivity index (χ0n) is 16.7. The quantitative estimate of drug-likeness (QED) is 0.734. The first-order chi connectivity index (χ1) is 12.7. The Morgan fingerprint density at radius 1 is 1.33 bits per heavy atom. The zero-order valence-corrected chi connectivity index (χ0v) is 17.5. The smallest absolute Gasteiger partial charge is 0.318 e. The second kappa shape index (κ2) is 10.0. The fraction of sp³-hybridized carbons (Fsp3) is 0.722. The highest BCUT2D eigenvalue weighted by Gasteiger charge is 2.22. The van der Waals surface area contributed by atoms with Crippen LogP contribution in [0.5, 0.6) is 0 Å². The van der Waals surface area contributed by atoms with Crippen LogP contribution in [0.3, 0.4) is 0 Å². The van der Waals surface area contributed by atoms with E-state index in [1.165, 1.54) is 11.3 Å². The molecule has 0 unspecified atom stereocenters. The number of carbonyl (C=O) groups is 2. The van der Waals surface area contributed by atoms with Crippen molar-refractivity contribution < 1.29 is 14.3 Å². The van der Waals surface area contributed by atoms with E-state index in [1.807, 2.05) is 27.7 Å². The van der Waals surface area contributed by atoms with Crippen LogP contribution >= 0.6 is 11.3 Å². The van der Waals surface area contributed by atoms with Crippen molar-refractivity contribution in [3.05, 3.63) is 11.1 Å². The Kier molecular flexibility index (Phi) is 8.00. The summed E-state index contributed by atoms with van der Waals surface area (Å²) >= 11 is 1.42. The molecule has 2 rings (SSSR count). The molecular weight excluding hydrogens is 366 g/mol. The summed E-state index contributed by atoms with van der Waals surface area (Å²) in [7, 11) is 0. The molecule has 1 aromatic heterocycles. The van der Waals surface area contributed by atoms with Gasteiger partial charge < -0.3 is 20.3 Å². The Balaban J connectivity index is 1.89. The predicted molar refractivity (Wildman–Crippen MR) is 107 cm³/mol. The molecule has 3 amide bonds. The molecule has 0 bridgehead atoms. The Morgan fingerprint density at radius 2 is 2.04 bits per heavy atom. The molecular formula is C18H31N5O3S. The fourth-order valence-electron chi connectivity index (χ4n) is 2.71. The highest BCUT2D eigenvalue weighted by molar-refractivity contribution is 7.15.